The van der Waals surface area contributed by atoms with E-state index in [1.165, 1.54) is 0 Å². The third-order valence-electron chi connectivity index (χ3n) is 3.75. The number of hydrogen-bond donors (Lipinski definition) is 1. The normalized spacial score (nSPS) is 22.1. The summed E-state index contributed by atoms with van der Waals surface area (Å²) in [6, 6.07) is 0.223. The highest BCUT2D eigenvalue weighted by molar-refractivity contribution is 5.04. The van der Waals surface area contributed by atoms with Gasteiger partial charge < -0.3 is 9.84 Å². The molecular weight excluding hydrogens is 240 g/mol. The zero-order chi connectivity index (χ0) is 14.0. The summed E-state index contributed by atoms with van der Waals surface area (Å²) >= 11 is 0. The minimum absolute atomic E-state index is 0.0555. The second kappa shape index (κ2) is 5.59. The molecule has 0 aromatic carbocycles. The van der Waals surface area contributed by atoms with Crippen molar-refractivity contribution in [3.8, 4) is 0 Å². The summed E-state index contributed by atoms with van der Waals surface area (Å²) in [4.78, 5) is 6.93. The van der Waals surface area contributed by atoms with Crippen LogP contribution in [0.4, 0.5) is 0 Å². The molecule has 2 heterocycles. The van der Waals surface area contributed by atoms with Crippen LogP contribution in [0.5, 0.6) is 0 Å². The van der Waals surface area contributed by atoms with Gasteiger partial charge >= 0.3 is 0 Å². The monoisotopic (exact) mass is 266 g/mol. The molecule has 1 atom stereocenters. The zero-order valence-electron chi connectivity index (χ0n) is 12.7. The molecule has 0 radical (unpaired) electrons. The number of nitrogens with zero attached hydrogens (tertiary/aromatic N) is 3. The summed E-state index contributed by atoms with van der Waals surface area (Å²) in [5.74, 6) is 2.18. The highest BCUT2D eigenvalue weighted by atomic mass is 16.5. The fourth-order valence-corrected chi connectivity index (χ4v) is 2.85. The number of nitrogens with one attached hydrogen (secondary N) is 1. The maximum absolute atomic E-state index is 5.52. The van der Waals surface area contributed by atoms with Crippen molar-refractivity contribution in [1.82, 2.24) is 20.4 Å². The van der Waals surface area contributed by atoms with E-state index in [1.54, 1.807) is 0 Å². The van der Waals surface area contributed by atoms with Crippen molar-refractivity contribution in [2.45, 2.75) is 45.6 Å². The quantitative estimate of drug-likeness (QED) is 0.903. The topological polar surface area (TPSA) is 54.2 Å². The Bertz CT molecular complexity index is 413. The van der Waals surface area contributed by atoms with Gasteiger partial charge in [-0.05, 0) is 19.4 Å². The van der Waals surface area contributed by atoms with Crippen LogP contribution in [0.3, 0.4) is 0 Å². The molecular formula is C14H26N4O. The predicted molar refractivity (Wildman–Crippen MR) is 75.0 cm³/mol. The van der Waals surface area contributed by atoms with Gasteiger partial charge in [0.2, 0.25) is 5.89 Å². The van der Waals surface area contributed by atoms with E-state index in [9.17, 15) is 0 Å². The van der Waals surface area contributed by atoms with E-state index < -0.39 is 0 Å². The van der Waals surface area contributed by atoms with E-state index in [0.717, 1.165) is 37.8 Å². The molecule has 0 aliphatic carbocycles. The second-order valence-corrected chi connectivity index (χ2v) is 6.64. The van der Waals surface area contributed by atoms with Crippen LogP contribution in [0.2, 0.25) is 0 Å². The highest BCUT2D eigenvalue weighted by Gasteiger charge is 2.31. The van der Waals surface area contributed by atoms with Crippen molar-refractivity contribution in [2.75, 3.05) is 26.7 Å². The van der Waals surface area contributed by atoms with Crippen molar-refractivity contribution >= 4 is 0 Å². The summed E-state index contributed by atoms with van der Waals surface area (Å²) in [5, 5.41) is 7.58. The number of hydrogen-bond acceptors (Lipinski definition) is 5. The van der Waals surface area contributed by atoms with Gasteiger partial charge in [0.05, 0.1) is 6.04 Å². The molecule has 2 rings (SSSR count). The lowest BCUT2D eigenvalue weighted by atomic mass is 9.84. The molecule has 19 heavy (non-hydrogen) atoms. The molecule has 5 nitrogen and oxygen atoms in total. The van der Waals surface area contributed by atoms with Gasteiger partial charge in [-0.3, -0.25) is 4.90 Å². The summed E-state index contributed by atoms with van der Waals surface area (Å²) in [7, 11) is 2.11. The van der Waals surface area contributed by atoms with Gasteiger partial charge in [0.15, 0.2) is 5.82 Å². The van der Waals surface area contributed by atoms with Crippen molar-refractivity contribution in [2.24, 2.45) is 5.92 Å². The Kier molecular flexibility index (Phi) is 4.26. The molecule has 0 spiro atoms. The first-order valence-corrected chi connectivity index (χ1v) is 7.15. The molecule has 1 aromatic rings. The Labute approximate surface area is 115 Å². The van der Waals surface area contributed by atoms with Crippen LogP contribution in [0, 0.1) is 5.92 Å². The van der Waals surface area contributed by atoms with Crippen molar-refractivity contribution in [1.29, 1.82) is 0 Å². The van der Waals surface area contributed by atoms with Crippen molar-refractivity contribution in [3.05, 3.63) is 11.7 Å². The smallest absolute Gasteiger partial charge is 0.232 e. The molecule has 1 fully saturated rings. The lowest BCUT2D eigenvalue weighted by Gasteiger charge is -2.30. The van der Waals surface area contributed by atoms with Crippen molar-refractivity contribution in [3.63, 3.8) is 0 Å². The Balaban J connectivity index is 2.14. The molecule has 0 amide bonds. The predicted octanol–water partition coefficient (Wildman–Crippen LogP) is 1.97. The number of piperazine rings is 1. The SMILES string of the molecule is CC(C)CC(C)(C)c1nc(C2CNCCN2C)no1. The van der Waals surface area contributed by atoms with E-state index in [0.29, 0.717) is 5.92 Å². The molecule has 5 heteroatoms. The van der Waals surface area contributed by atoms with Crippen LogP contribution in [0.25, 0.3) is 0 Å². The van der Waals surface area contributed by atoms with Crippen LogP contribution in [0.15, 0.2) is 4.52 Å². The lowest BCUT2D eigenvalue weighted by Crippen LogP contribution is -2.44. The zero-order valence-corrected chi connectivity index (χ0v) is 12.7. The van der Waals surface area contributed by atoms with Gasteiger partial charge in [-0.25, -0.2) is 0 Å². The fraction of sp³-hybridized carbons (Fsp3) is 0.857. The molecule has 1 N–H and O–H groups in total. The second-order valence-electron chi connectivity index (χ2n) is 6.64. The maximum Gasteiger partial charge on any atom is 0.232 e. The number of likely N-dealkylation sites (N-methyl/N-ethyl adjacent to an activating group) is 1. The van der Waals surface area contributed by atoms with E-state index in [4.69, 9.17) is 4.52 Å². The molecule has 0 bridgehead atoms. The van der Waals surface area contributed by atoms with Gasteiger partial charge in [-0.1, -0.05) is 32.9 Å². The Hall–Kier alpha value is -0.940. The molecule has 1 aromatic heterocycles. The highest BCUT2D eigenvalue weighted by Crippen LogP contribution is 2.30. The number of aromatic nitrogens is 2. The van der Waals surface area contributed by atoms with Crippen molar-refractivity contribution < 1.29 is 4.52 Å². The first kappa shape index (κ1) is 14.5. The van der Waals surface area contributed by atoms with E-state index in [2.05, 4.69) is 55.1 Å². The third-order valence-corrected chi connectivity index (χ3v) is 3.75. The molecule has 1 aliphatic rings. The van der Waals surface area contributed by atoms with Gasteiger partial charge in [0.25, 0.3) is 0 Å². The Morgan fingerprint density at radius 1 is 1.47 bits per heavy atom. The number of rotatable bonds is 4. The molecule has 1 saturated heterocycles. The molecule has 0 saturated carbocycles. The van der Waals surface area contributed by atoms with Crippen LogP contribution in [0.1, 0.15) is 51.9 Å². The Morgan fingerprint density at radius 2 is 2.21 bits per heavy atom. The van der Waals surface area contributed by atoms with E-state index >= 15 is 0 Å². The molecule has 1 unspecified atom stereocenters. The average Bonchev–Trinajstić information content (AvgIpc) is 2.77. The lowest BCUT2D eigenvalue weighted by molar-refractivity contribution is 0.189. The van der Waals surface area contributed by atoms with Crippen LogP contribution < -0.4 is 5.32 Å². The van der Waals surface area contributed by atoms with E-state index in [-0.39, 0.29) is 11.5 Å². The maximum atomic E-state index is 5.52. The van der Waals surface area contributed by atoms with Gasteiger partial charge in [-0.2, -0.15) is 4.98 Å². The van der Waals surface area contributed by atoms with Gasteiger partial charge in [-0.15, -0.1) is 0 Å². The third kappa shape index (κ3) is 3.34. The minimum atomic E-state index is -0.0555. The summed E-state index contributed by atoms with van der Waals surface area (Å²) in [6.07, 6.45) is 1.05. The minimum Gasteiger partial charge on any atom is -0.339 e. The van der Waals surface area contributed by atoms with Gasteiger partial charge in [0, 0.05) is 25.0 Å². The fourth-order valence-electron chi connectivity index (χ4n) is 2.85. The van der Waals surface area contributed by atoms with Crippen LogP contribution >= 0.6 is 0 Å². The standard InChI is InChI=1S/C14H26N4O/c1-10(2)8-14(3,4)13-16-12(17-19-13)11-9-15-6-7-18(11)5/h10-11,15H,6-9H2,1-5H3. The van der Waals surface area contributed by atoms with Gasteiger partial charge in [0.1, 0.15) is 0 Å². The largest absolute Gasteiger partial charge is 0.339 e. The molecule has 1 aliphatic heterocycles. The molecule has 108 valence electrons. The van der Waals surface area contributed by atoms with E-state index in [1.807, 2.05) is 0 Å². The summed E-state index contributed by atoms with van der Waals surface area (Å²) in [5.41, 5.74) is -0.0555. The summed E-state index contributed by atoms with van der Waals surface area (Å²) in [6.45, 7) is 11.7. The Morgan fingerprint density at radius 3 is 2.84 bits per heavy atom. The average molecular weight is 266 g/mol. The summed E-state index contributed by atoms with van der Waals surface area (Å²) < 4.78 is 5.52. The first-order valence-electron chi connectivity index (χ1n) is 7.15. The first-order chi connectivity index (χ1) is 8.90. The van der Waals surface area contributed by atoms with Crippen LogP contribution in [-0.2, 0) is 5.41 Å². The van der Waals surface area contributed by atoms with Crippen LogP contribution in [-0.4, -0.2) is 41.7 Å².